The van der Waals surface area contributed by atoms with Gasteiger partial charge in [0.05, 0.1) is 25.5 Å². The lowest BCUT2D eigenvalue weighted by Gasteiger charge is -2.45. The van der Waals surface area contributed by atoms with Gasteiger partial charge in [0.1, 0.15) is 0 Å². The van der Waals surface area contributed by atoms with Crippen molar-refractivity contribution in [3.8, 4) is 0 Å². The van der Waals surface area contributed by atoms with Crippen LogP contribution in [0, 0.1) is 53.3 Å². The Balaban J connectivity index is 1.12. The zero-order valence-electron chi connectivity index (χ0n) is 33.8. The molecule has 3 saturated heterocycles. The predicted molar refractivity (Wildman–Crippen MR) is 209 cm³/mol. The van der Waals surface area contributed by atoms with Crippen molar-refractivity contribution in [3.63, 3.8) is 0 Å². The zero-order valence-corrected chi connectivity index (χ0v) is 33.8. The number of carbonyl (C=O) groups excluding carboxylic acids is 3. The van der Waals surface area contributed by atoms with Gasteiger partial charge in [-0.05, 0) is 145 Å². The summed E-state index contributed by atoms with van der Waals surface area (Å²) < 4.78 is 12.7. The summed E-state index contributed by atoms with van der Waals surface area (Å²) in [4.78, 5) is 44.5. The van der Waals surface area contributed by atoms with Crippen LogP contribution >= 0.6 is 0 Å². The molecule has 0 aromatic heterocycles. The minimum Gasteiger partial charge on any atom is -0.463 e. The van der Waals surface area contributed by atoms with E-state index in [-0.39, 0.29) is 49.1 Å². The number of piperidine rings is 2. The highest BCUT2D eigenvalue weighted by Gasteiger charge is 2.87. The van der Waals surface area contributed by atoms with E-state index >= 15 is 0 Å². The van der Waals surface area contributed by atoms with Gasteiger partial charge in [-0.25, -0.2) is 4.79 Å². The highest BCUT2D eigenvalue weighted by atomic mass is 16.7. The number of aliphatic hydroxyl groups is 1. The molecule has 0 radical (unpaired) electrons. The molecule has 3 heterocycles. The summed E-state index contributed by atoms with van der Waals surface area (Å²) in [5, 5.41) is 25.3. The highest BCUT2D eigenvalue weighted by molar-refractivity contribution is 6.23. The van der Waals surface area contributed by atoms with E-state index in [2.05, 4.69) is 54.2 Å². The lowest BCUT2D eigenvalue weighted by Crippen LogP contribution is -2.62. The van der Waals surface area contributed by atoms with E-state index in [0.717, 1.165) is 101 Å². The number of aliphatic hydroxyl groups excluding tert-OH is 1. The van der Waals surface area contributed by atoms with E-state index in [9.17, 15) is 19.5 Å². The van der Waals surface area contributed by atoms with Crippen LogP contribution < -0.4 is 21.3 Å². The third-order valence-corrected chi connectivity index (χ3v) is 15.2. The van der Waals surface area contributed by atoms with Gasteiger partial charge in [-0.3, -0.25) is 14.9 Å². The number of carbonyl (C=O) groups is 3. The van der Waals surface area contributed by atoms with Crippen LogP contribution in [-0.4, -0.2) is 85.6 Å². The Labute approximate surface area is 324 Å². The van der Waals surface area contributed by atoms with E-state index < -0.39 is 29.0 Å². The normalized spacial score (nSPS) is 42.0. The molecule has 4 aliphatic carbocycles. The molecule has 10 heteroatoms. The Kier molecular flexibility index (Phi) is 12.6. The molecule has 6 fully saturated rings. The number of fused-ring (bicyclic) bond motifs is 4. The van der Waals surface area contributed by atoms with Gasteiger partial charge < -0.3 is 30.5 Å². The van der Waals surface area contributed by atoms with E-state index in [1.807, 2.05) is 14.0 Å². The minimum atomic E-state index is -1.93. The number of hydrogen-bond acceptors (Lipinski definition) is 10. The molecule has 5 N–H and O–H groups in total. The van der Waals surface area contributed by atoms with Crippen LogP contribution in [0.25, 0.3) is 0 Å². The van der Waals surface area contributed by atoms with Crippen LogP contribution in [-0.2, 0) is 23.9 Å². The number of Topliss-reactive ketones (excluding diaryl/α,β-unsaturated/α-hetero) is 2. The van der Waals surface area contributed by atoms with Crippen molar-refractivity contribution in [2.24, 2.45) is 53.3 Å². The zero-order chi connectivity index (χ0) is 38.2. The Hall–Kier alpha value is -1.95. The molecule has 6 unspecified atom stereocenters. The van der Waals surface area contributed by atoms with Crippen molar-refractivity contribution in [3.05, 3.63) is 23.3 Å². The second kappa shape index (κ2) is 16.9. The van der Waals surface area contributed by atoms with Gasteiger partial charge in [0, 0.05) is 30.2 Å². The fourth-order valence-corrected chi connectivity index (χ4v) is 12.3. The Bertz CT molecular complexity index is 1450. The maximum atomic E-state index is 15.0. The lowest BCUT2D eigenvalue weighted by molar-refractivity contribution is -0.161. The molecule has 13 atom stereocenters. The molecule has 0 spiro atoms. The van der Waals surface area contributed by atoms with Crippen LogP contribution in [0.4, 0.5) is 0 Å². The number of esters is 1. The van der Waals surface area contributed by atoms with E-state index in [1.54, 1.807) is 0 Å². The topological polar surface area (TPSA) is 141 Å². The average Bonchev–Trinajstić information content (AvgIpc) is 3.88. The highest BCUT2D eigenvalue weighted by Crippen LogP contribution is 2.63. The number of allylic oxidation sites excluding steroid dienone is 3. The maximum Gasteiger partial charge on any atom is 0.350 e. The first kappa shape index (κ1) is 40.3. The van der Waals surface area contributed by atoms with Crippen LogP contribution in [0.5, 0.6) is 0 Å². The maximum absolute atomic E-state index is 15.0. The predicted octanol–water partition coefficient (Wildman–Crippen LogP) is 5.20. The first-order valence-electron chi connectivity index (χ1n) is 21.9. The molecule has 0 bridgehead atoms. The summed E-state index contributed by atoms with van der Waals surface area (Å²) in [6.07, 6.45) is 18.0. The molecule has 302 valence electrons. The smallest absolute Gasteiger partial charge is 0.350 e. The third-order valence-electron chi connectivity index (χ3n) is 15.2. The van der Waals surface area contributed by atoms with Gasteiger partial charge in [0.25, 0.3) is 5.60 Å². The van der Waals surface area contributed by atoms with Crippen molar-refractivity contribution in [2.45, 2.75) is 147 Å². The summed E-state index contributed by atoms with van der Waals surface area (Å²) in [6.45, 7) is 10.3. The molecule has 3 aliphatic heterocycles. The summed E-state index contributed by atoms with van der Waals surface area (Å²) >= 11 is 0. The Morgan fingerprint density at radius 3 is 2.67 bits per heavy atom. The van der Waals surface area contributed by atoms with Crippen molar-refractivity contribution >= 4 is 17.5 Å². The lowest BCUT2D eigenvalue weighted by atomic mass is 9.56. The molecular formula is C44H70N4O6. The molecule has 54 heavy (non-hydrogen) atoms. The Morgan fingerprint density at radius 2 is 1.91 bits per heavy atom. The van der Waals surface area contributed by atoms with Gasteiger partial charge in [0.2, 0.25) is 0 Å². The SMILES string of the molecule is CCN[C@@H]1C[C@@H]2C=CCC[C@H]2C[C@@H]1COC(=O)[C@]12O[C@@]1(CC(CO)=C(C)CCC1CCNC3N[C@@H](NC)CCC13)C(=O)C1CCCC(CC(C)C)C1C2=O. The van der Waals surface area contributed by atoms with Crippen molar-refractivity contribution in [1.82, 2.24) is 21.3 Å². The molecule has 7 aliphatic rings. The second-order valence-corrected chi connectivity index (χ2v) is 18.7. The monoisotopic (exact) mass is 751 g/mol. The summed E-state index contributed by atoms with van der Waals surface area (Å²) in [6, 6.07) is 0.215. The molecular weight excluding hydrogens is 681 g/mol. The van der Waals surface area contributed by atoms with Crippen LogP contribution in [0.15, 0.2) is 23.3 Å². The fourth-order valence-electron chi connectivity index (χ4n) is 12.3. The fraction of sp³-hybridized carbons (Fsp3) is 0.841. The van der Waals surface area contributed by atoms with Crippen LogP contribution in [0.2, 0.25) is 0 Å². The summed E-state index contributed by atoms with van der Waals surface area (Å²) in [7, 11) is 2.00. The first-order chi connectivity index (χ1) is 26.1. The number of ketones is 2. The summed E-state index contributed by atoms with van der Waals surface area (Å²) in [5.41, 5.74) is -1.79. The summed E-state index contributed by atoms with van der Waals surface area (Å²) in [5.74, 6) is 0.697. The number of ether oxygens (including phenoxy) is 2. The number of rotatable bonds is 14. The standard InChI is InChI=1S/C44H70N4O6/c1-6-46-36-22-30-11-8-7-10-29(30)21-32(36)25-53-42(52)44-40(51)38-31(20-26(2)3)12-9-13-35(38)39(50)43(44,54-44)23-33(24-49)27(4)14-15-28-18-19-47-41-34(28)16-17-37(45-5)48-41/h8,11,26,28-32,34-38,41,45-49H,6-7,9-10,12-25H2,1-5H3/t28?,29-,30-,31?,32+,34?,35?,36+,37+,38?,41?,43-,44-/m0/s1. The number of epoxide rings is 1. The van der Waals surface area contributed by atoms with Gasteiger partial charge >= 0.3 is 5.97 Å². The van der Waals surface area contributed by atoms with E-state index in [1.165, 1.54) is 0 Å². The molecule has 10 nitrogen and oxygen atoms in total. The third kappa shape index (κ3) is 7.46. The van der Waals surface area contributed by atoms with Crippen LogP contribution in [0.1, 0.15) is 118 Å². The second-order valence-electron chi connectivity index (χ2n) is 18.7. The van der Waals surface area contributed by atoms with E-state index in [4.69, 9.17) is 9.47 Å². The van der Waals surface area contributed by atoms with Gasteiger partial charge in [-0.1, -0.05) is 44.9 Å². The largest absolute Gasteiger partial charge is 0.463 e. The van der Waals surface area contributed by atoms with E-state index in [0.29, 0.717) is 48.3 Å². The van der Waals surface area contributed by atoms with Crippen LogP contribution in [0.3, 0.4) is 0 Å². The average molecular weight is 751 g/mol. The molecule has 0 aromatic rings. The van der Waals surface area contributed by atoms with Crippen molar-refractivity contribution in [1.29, 1.82) is 0 Å². The van der Waals surface area contributed by atoms with Crippen molar-refractivity contribution < 1.29 is 29.0 Å². The van der Waals surface area contributed by atoms with Crippen molar-refractivity contribution in [2.75, 3.05) is 33.4 Å². The van der Waals surface area contributed by atoms with Gasteiger partial charge in [-0.15, -0.1) is 0 Å². The molecule has 0 amide bonds. The van der Waals surface area contributed by atoms with Gasteiger partial charge in [-0.2, -0.15) is 0 Å². The molecule has 7 rings (SSSR count). The number of nitrogens with one attached hydrogen (secondary N) is 4. The Morgan fingerprint density at radius 1 is 1.07 bits per heavy atom. The quantitative estimate of drug-likeness (QED) is 0.0697. The minimum absolute atomic E-state index is 0.0425. The first-order valence-corrected chi connectivity index (χ1v) is 21.9. The van der Waals surface area contributed by atoms with Gasteiger partial charge in [0.15, 0.2) is 17.2 Å². The molecule has 3 saturated carbocycles. The molecule has 0 aromatic carbocycles. The number of hydrogen-bond donors (Lipinski definition) is 5.